The summed E-state index contributed by atoms with van der Waals surface area (Å²) < 4.78 is 1.45. The van der Waals surface area contributed by atoms with E-state index >= 15 is 0 Å². The topological polar surface area (TPSA) is 76.0 Å². The molecule has 1 rings (SSSR count). The molecule has 0 bridgehead atoms. The highest BCUT2D eigenvalue weighted by Gasteiger charge is 1.99. The van der Waals surface area contributed by atoms with Crippen molar-refractivity contribution in [2.75, 3.05) is 13.1 Å². The molecule has 0 saturated heterocycles. The summed E-state index contributed by atoms with van der Waals surface area (Å²) in [6, 6.07) is 1.48. The van der Waals surface area contributed by atoms with E-state index in [4.69, 9.17) is 0 Å². The molecule has 1 aromatic rings. The monoisotopic (exact) mass is 238 g/mol. The summed E-state index contributed by atoms with van der Waals surface area (Å²) in [7, 11) is 0. The highest BCUT2D eigenvalue weighted by molar-refractivity contribution is 5.73. The zero-order valence-corrected chi connectivity index (χ0v) is 9.98. The molecule has 1 heterocycles. The van der Waals surface area contributed by atoms with Gasteiger partial charge < -0.3 is 10.6 Å². The van der Waals surface area contributed by atoms with Gasteiger partial charge in [-0.3, -0.25) is 4.57 Å². The van der Waals surface area contributed by atoms with Gasteiger partial charge in [0.05, 0.1) is 0 Å². The van der Waals surface area contributed by atoms with Crippen molar-refractivity contribution < 1.29 is 4.79 Å². The predicted octanol–water partition coefficient (Wildman–Crippen LogP) is 0.343. The molecule has 0 aliphatic heterocycles. The molecule has 6 heteroatoms. The Morgan fingerprint density at radius 3 is 2.88 bits per heavy atom. The summed E-state index contributed by atoms with van der Waals surface area (Å²) in [5, 5.41) is 5.41. The zero-order chi connectivity index (χ0) is 12.5. The van der Waals surface area contributed by atoms with E-state index in [-0.39, 0.29) is 11.7 Å². The van der Waals surface area contributed by atoms with Crippen LogP contribution in [0, 0.1) is 0 Å². The summed E-state index contributed by atoms with van der Waals surface area (Å²) in [5.41, 5.74) is -0.305. The summed E-state index contributed by atoms with van der Waals surface area (Å²) in [6.07, 6.45) is 5.11. The fraction of sp³-hybridized carbons (Fsp3) is 0.545. The highest BCUT2D eigenvalue weighted by Crippen LogP contribution is 1.82. The van der Waals surface area contributed by atoms with Crippen molar-refractivity contribution in [3.63, 3.8) is 0 Å². The van der Waals surface area contributed by atoms with Crippen molar-refractivity contribution >= 4 is 6.03 Å². The normalized spacial score (nSPS) is 9.94. The van der Waals surface area contributed by atoms with Gasteiger partial charge in [-0.1, -0.05) is 13.3 Å². The van der Waals surface area contributed by atoms with Crippen LogP contribution in [0.25, 0.3) is 0 Å². The van der Waals surface area contributed by atoms with Crippen molar-refractivity contribution in [2.24, 2.45) is 0 Å². The molecule has 0 aromatic carbocycles. The third-order valence-corrected chi connectivity index (χ3v) is 2.24. The molecule has 0 aliphatic carbocycles. The first kappa shape index (κ1) is 13.2. The van der Waals surface area contributed by atoms with E-state index in [1.54, 1.807) is 12.3 Å². The molecule has 17 heavy (non-hydrogen) atoms. The fourth-order valence-electron chi connectivity index (χ4n) is 1.29. The Labute approximate surface area is 100 Å². The number of unbranched alkanes of at least 4 members (excludes halogenated alkanes) is 1. The fourth-order valence-corrected chi connectivity index (χ4v) is 1.29. The summed E-state index contributed by atoms with van der Waals surface area (Å²) in [6.45, 7) is 3.57. The predicted molar refractivity (Wildman–Crippen MR) is 64.8 cm³/mol. The van der Waals surface area contributed by atoms with Crippen LogP contribution in [-0.4, -0.2) is 28.7 Å². The van der Waals surface area contributed by atoms with Crippen molar-refractivity contribution in [1.82, 2.24) is 20.2 Å². The molecule has 0 unspecified atom stereocenters. The lowest BCUT2D eigenvalue weighted by molar-refractivity contribution is 0.240. The number of hydrogen-bond donors (Lipinski definition) is 2. The van der Waals surface area contributed by atoms with E-state index in [1.807, 2.05) is 0 Å². The molecule has 1 aromatic heterocycles. The first-order valence-corrected chi connectivity index (χ1v) is 5.77. The van der Waals surface area contributed by atoms with Crippen LogP contribution in [0.1, 0.15) is 19.8 Å². The summed E-state index contributed by atoms with van der Waals surface area (Å²) in [5.74, 6) is 0. The van der Waals surface area contributed by atoms with Gasteiger partial charge in [-0.15, -0.1) is 0 Å². The third kappa shape index (κ3) is 5.14. The number of carbonyl (C=O) groups excluding carboxylic acids is 1. The molecular weight excluding hydrogens is 220 g/mol. The quantitative estimate of drug-likeness (QED) is 0.702. The summed E-state index contributed by atoms with van der Waals surface area (Å²) >= 11 is 0. The molecule has 6 nitrogen and oxygen atoms in total. The van der Waals surface area contributed by atoms with Crippen molar-refractivity contribution in [2.45, 2.75) is 26.3 Å². The number of hydrogen-bond acceptors (Lipinski definition) is 3. The van der Waals surface area contributed by atoms with Crippen LogP contribution in [0.5, 0.6) is 0 Å². The van der Waals surface area contributed by atoms with Crippen LogP contribution in [-0.2, 0) is 6.54 Å². The standard InChI is InChI=1S/C11H18N4O2/c1-2-3-5-12-10(16)13-7-9-15-8-4-6-14-11(15)17/h4,6,8H,2-3,5,7,9H2,1H3,(H2,12,13,16). The van der Waals surface area contributed by atoms with Crippen LogP contribution in [0.15, 0.2) is 23.3 Å². The third-order valence-electron chi connectivity index (χ3n) is 2.24. The number of carbonyl (C=O) groups is 1. The Kier molecular flexibility index (Phi) is 5.77. The van der Waals surface area contributed by atoms with Gasteiger partial charge in [0, 0.05) is 32.0 Å². The molecule has 2 amide bonds. The van der Waals surface area contributed by atoms with Gasteiger partial charge in [0.2, 0.25) is 0 Å². The lowest BCUT2D eigenvalue weighted by Gasteiger charge is -2.07. The second-order valence-corrected chi connectivity index (χ2v) is 3.63. The first-order valence-electron chi connectivity index (χ1n) is 5.77. The van der Waals surface area contributed by atoms with Crippen LogP contribution in [0.3, 0.4) is 0 Å². The van der Waals surface area contributed by atoms with Gasteiger partial charge in [-0.05, 0) is 12.5 Å². The Balaban J connectivity index is 2.22. The Hall–Kier alpha value is -1.85. The van der Waals surface area contributed by atoms with E-state index in [9.17, 15) is 9.59 Å². The smallest absolute Gasteiger partial charge is 0.338 e. The molecule has 2 N–H and O–H groups in total. The molecule has 0 radical (unpaired) electrons. The number of amides is 2. The number of nitrogens with zero attached hydrogens (tertiary/aromatic N) is 2. The minimum absolute atomic E-state index is 0.199. The lowest BCUT2D eigenvalue weighted by atomic mass is 10.3. The first-order chi connectivity index (χ1) is 8.24. The summed E-state index contributed by atoms with van der Waals surface area (Å²) in [4.78, 5) is 26.1. The number of rotatable bonds is 6. The number of aromatic nitrogens is 2. The maximum atomic E-state index is 11.3. The van der Waals surface area contributed by atoms with E-state index in [0.29, 0.717) is 19.6 Å². The van der Waals surface area contributed by atoms with E-state index in [1.165, 1.54) is 10.8 Å². The largest absolute Gasteiger partial charge is 0.347 e. The Morgan fingerprint density at radius 1 is 1.41 bits per heavy atom. The molecule has 94 valence electrons. The van der Waals surface area contributed by atoms with E-state index in [0.717, 1.165) is 12.8 Å². The van der Waals surface area contributed by atoms with E-state index < -0.39 is 0 Å². The van der Waals surface area contributed by atoms with Gasteiger partial charge in [0.1, 0.15) is 0 Å². The van der Waals surface area contributed by atoms with Gasteiger partial charge in [-0.2, -0.15) is 0 Å². The Morgan fingerprint density at radius 2 is 2.18 bits per heavy atom. The zero-order valence-electron chi connectivity index (χ0n) is 9.98. The van der Waals surface area contributed by atoms with Crippen LogP contribution in [0.4, 0.5) is 4.79 Å². The average Bonchev–Trinajstić information content (AvgIpc) is 2.32. The lowest BCUT2D eigenvalue weighted by Crippen LogP contribution is -2.38. The van der Waals surface area contributed by atoms with Gasteiger partial charge in [0.15, 0.2) is 0 Å². The number of urea groups is 1. The second kappa shape index (κ2) is 7.43. The van der Waals surface area contributed by atoms with E-state index in [2.05, 4.69) is 22.5 Å². The van der Waals surface area contributed by atoms with Crippen LogP contribution >= 0.6 is 0 Å². The van der Waals surface area contributed by atoms with Crippen molar-refractivity contribution in [3.05, 3.63) is 28.9 Å². The molecule has 0 spiro atoms. The van der Waals surface area contributed by atoms with Gasteiger partial charge in [-0.25, -0.2) is 14.6 Å². The number of nitrogens with one attached hydrogen (secondary N) is 2. The van der Waals surface area contributed by atoms with Gasteiger partial charge >= 0.3 is 11.7 Å². The van der Waals surface area contributed by atoms with Crippen LogP contribution < -0.4 is 16.3 Å². The van der Waals surface area contributed by atoms with Gasteiger partial charge in [0.25, 0.3) is 0 Å². The van der Waals surface area contributed by atoms with Crippen molar-refractivity contribution in [1.29, 1.82) is 0 Å². The van der Waals surface area contributed by atoms with Crippen LogP contribution in [0.2, 0.25) is 0 Å². The van der Waals surface area contributed by atoms with Crippen molar-refractivity contribution in [3.8, 4) is 0 Å². The molecule has 0 aliphatic rings. The molecule has 0 atom stereocenters. The SMILES string of the molecule is CCCCNC(=O)NCCn1cccnc1=O. The maximum Gasteiger partial charge on any atom is 0.347 e. The average molecular weight is 238 g/mol. The molecular formula is C11H18N4O2. The Bertz CT molecular complexity index is 402. The highest BCUT2D eigenvalue weighted by atomic mass is 16.2. The minimum atomic E-state index is -0.305. The molecule has 0 fully saturated rings. The maximum absolute atomic E-state index is 11.3. The second-order valence-electron chi connectivity index (χ2n) is 3.63. The minimum Gasteiger partial charge on any atom is -0.338 e. The molecule has 0 saturated carbocycles.